The van der Waals surface area contributed by atoms with Gasteiger partial charge in [-0.3, -0.25) is 9.10 Å². The Balaban J connectivity index is 2.27. The Morgan fingerprint density at radius 1 is 1.08 bits per heavy atom. The van der Waals surface area contributed by atoms with Crippen LogP contribution >= 0.6 is 0 Å². The van der Waals surface area contributed by atoms with Crippen molar-refractivity contribution in [3.63, 3.8) is 0 Å². The number of benzene rings is 2. The molecule has 0 unspecified atom stereocenters. The second-order valence-electron chi connectivity index (χ2n) is 6.17. The van der Waals surface area contributed by atoms with Crippen LogP contribution in [0.15, 0.2) is 42.5 Å². The fourth-order valence-electron chi connectivity index (χ4n) is 2.77. The van der Waals surface area contributed by atoms with E-state index < -0.39 is 10.0 Å². The van der Waals surface area contributed by atoms with Crippen LogP contribution in [0, 0.1) is 13.8 Å². The molecule has 0 saturated heterocycles. The Morgan fingerprint density at radius 3 is 2.24 bits per heavy atom. The number of carbonyl (C=O) groups is 1. The topological polar surface area (TPSA) is 66.5 Å². The molecule has 0 saturated carbocycles. The van der Waals surface area contributed by atoms with Crippen LogP contribution in [0.5, 0.6) is 0 Å². The maximum atomic E-state index is 12.5. The molecular formula is C19H24N2O3S. The molecule has 0 aliphatic heterocycles. The number of hydrogen-bond acceptors (Lipinski definition) is 3. The van der Waals surface area contributed by atoms with Gasteiger partial charge in [0.05, 0.1) is 11.9 Å². The van der Waals surface area contributed by atoms with E-state index in [1.165, 1.54) is 0 Å². The van der Waals surface area contributed by atoms with Crippen molar-refractivity contribution in [3.8, 4) is 0 Å². The highest BCUT2D eigenvalue weighted by molar-refractivity contribution is 7.92. The number of nitrogens with zero attached hydrogens (tertiary/aromatic N) is 1. The van der Waals surface area contributed by atoms with Crippen molar-refractivity contribution >= 4 is 27.3 Å². The zero-order valence-electron chi connectivity index (χ0n) is 15.0. The van der Waals surface area contributed by atoms with Gasteiger partial charge in [0, 0.05) is 5.69 Å². The monoisotopic (exact) mass is 360 g/mol. The van der Waals surface area contributed by atoms with Crippen LogP contribution in [0.1, 0.15) is 23.6 Å². The molecule has 0 aromatic heterocycles. The molecular weight excluding hydrogens is 336 g/mol. The number of carbonyl (C=O) groups excluding carboxylic acids is 1. The number of para-hydroxylation sites is 1. The second-order valence-corrected chi connectivity index (χ2v) is 8.08. The maximum absolute atomic E-state index is 12.5. The van der Waals surface area contributed by atoms with Gasteiger partial charge in [0.25, 0.3) is 0 Å². The number of aryl methyl sites for hydroxylation is 3. The summed E-state index contributed by atoms with van der Waals surface area (Å²) in [6, 6.07) is 13.0. The van der Waals surface area contributed by atoms with Crippen molar-refractivity contribution in [2.24, 2.45) is 0 Å². The third-order valence-electron chi connectivity index (χ3n) is 3.85. The average molecular weight is 360 g/mol. The van der Waals surface area contributed by atoms with Gasteiger partial charge in [0.2, 0.25) is 15.9 Å². The van der Waals surface area contributed by atoms with Gasteiger partial charge < -0.3 is 5.32 Å². The van der Waals surface area contributed by atoms with Gasteiger partial charge in [0.1, 0.15) is 6.54 Å². The molecule has 2 aromatic carbocycles. The predicted octanol–water partition coefficient (Wildman–Crippen LogP) is 3.27. The van der Waals surface area contributed by atoms with Gasteiger partial charge in [-0.15, -0.1) is 0 Å². The number of hydrogen-bond donors (Lipinski definition) is 1. The molecule has 2 aromatic rings. The summed E-state index contributed by atoms with van der Waals surface area (Å²) in [5.74, 6) is -0.370. The molecule has 2 rings (SSSR count). The zero-order valence-corrected chi connectivity index (χ0v) is 15.9. The van der Waals surface area contributed by atoms with Crippen LogP contribution < -0.4 is 9.62 Å². The smallest absolute Gasteiger partial charge is 0.245 e. The summed E-state index contributed by atoms with van der Waals surface area (Å²) in [5, 5.41) is 2.82. The minimum atomic E-state index is -3.58. The lowest BCUT2D eigenvalue weighted by molar-refractivity contribution is -0.114. The number of nitrogens with one attached hydrogen (secondary N) is 1. The number of amides is 1. The van der Waals surface area contributed by atoms with Crippen molar-refractivity contribution in [1.29, 1.82) is 0 Å². The van der Waals surface area contributed by atoms with E-state index in [9.17, 15) is 13.2 Å². The van der Waals surface area contributed by atoms with E-state index in [0.29, 0.717) is 11.4 Å². The SMILES string of the molecule is CCc1ccccc1NC(=O)CN(c1cc(C)cc(C)c1)S(C)(=O)=O. The first-order valence-electron chi connectivity index (χ1n) is 8.14. The zero-order chi connectivity index (χ0) is 18.6. The average Bonchev–Trinajstić information content (AvgIpc) is 2.51. The highest BCUT2D eigenvalue weighted by atomic mass is 32.2. The molecule has 0 heterocycles. The van der Waals surface area contributed by atoms with Crippen molar-refractivity contribution in [3.05, 3.63) is 59.2 Å². The summed E-state index contributed by atoms with van der Waals surface area (Å²) in [6.07, 6.45) is 1.89. The normalized spacial score (nSPS) is 11.2. The predicted molar refractivity (Wildman–Crippen MR) is 103 cm³/mol. The number of sulfonamides is 1. The Hall–Kier alpha value is -2.34. The van der Waals surface area contributed by atoms with Crippen LogP contribution in [0.25, 0.3) is 0 Å². The molecule has 1 N–H and O–H groups in total. The minimum Gasteiger partial charge on any atom is -0.324 e. The van der Waals surface area contributed by atoms with Crippen LogP contribution in [-0.2, 0) is 21.2 Å². The quantitative estimate of drug-likeness (QED) is 0.860. The highest BCUT2D eigenvalue weighted by Crippen LogP contribution is 2.22. The molecule has 0 bridgehead atoms. The molecule has 5 nitrogen and oxygen atoms in total. The summed E-state index contributed by atoms with van der Waals surface area (Å²) in [4.78, 5) is 12.5. The summed E-state index contributed by atoms with van der Waals surface area (Å²) >= 11 is 0. The van der Waals surface area contributed by atoms with Gasteiger partial charge in [-0.1, -0.05) is 31.2 Å². The third-order valence-corrected chi connectivity index (χ3v) is 4.99. The van der Waals surface area contributed by atoms with Gasteiger partial charge in [-0.05, 0) is 55.2 Å². The van der Waals surface area contributed by atoms with Gasteiger partial charge in [-0.2, -0.15) is 0 Å². The van der Waals surface area contributed by atoms with E-state index in [1.807, 2.05) is 51.1 Å². The van der Waals surface area contributed by atoms with Crippen molar-refractivity contribution in [2.75, 3.05) is 22.4 Å². The van der Waals surface area contributed by atoms with Gasteiger partial charge in [-0.25, -0.2) is 8.42 Å². The Bertz CT molecular complexity index is 856. The molecule has 1 amide bonds. The Morgan fingerprint density at radius 2 is 1.68 bits per heavy atom. The van der Waals surface area contributed by atoms with E-state index in [1.54, 1.807) is 12.1 Å². The molecule has 25 heavy (non-hydrogen) atoms. The molecule has 0 atom stereocenters. The fraction of sp³-hybridized carbons (Fsp3) is 0.316. The first kappa shape index (κ1) is 19.0. The van der Waals surface area contributed by atoms with E-state index in [2.05, 4.69) is 5.32 Å². The molecule has 6 heteroatoms. The second kappa shape index (κ2) is 7.70. The van der Waals surface area contributed by atoms with E-state index in [0.717, 1.165) is 33.7 Å². The number of anilines is 2. The first-order chi connectivity index (χ1) is 11.7. The van der Waals surface area contributed by atoms with Crippen LogP contribution in [0.4, 0.5) is 11.4 Å². The third kappa shape index (κ3) is 5.06. The summed E-state index contributed by atoms with van der Waals surface area (Å²) in [7, 11) is -3.58. The molecule has 0 aliphatic carbocycles. The largest absolute Gasteiger partial charge is 0.324 e. The lowest BCUT2D eigenvalue weighted by atomic mass is 10.1. The molecule has 134 valence electrons. The Kier molecular flexibility index (Phi) is 5.85. The van der Waals surface area contributed by atoms with Crippen LogP contribution in [0.2, 0.25) is 0 Å². The lowest BCUT2D eigenvalue weighted by Gasteiger charge is -2.23. The summed E-state index contributed by atoms with van der Waals surface area (Å²) in [6.45, 7) is 5.53. The van der Waals surface area contributed by atoms with Gasteiger partial charge >= 0.3 is 0 Å². The van der Waals surface area contributed by atoms with E-state index in [-0.39, 0.29) is 12.5 Å². The molecule has 0 spiro atoms. The van der Waals surface area contributed by atoms with Crippen molar-refractivity contribution in [1.82, 2.24) is 0 Å². The fourth-order valence-corrected chi connectivity index (χ4v) is 3.61. The van der Waals surface area contributed by atoms with Crippen LogP contribution in [0.3, 0.4) is 0 Å². The maximum Gasteiger partial charge on any atom is 0.245 e. The summed E-state index contributed by atoms with van der Waals surface area (Å²) in [5.41, 5.74) is 4.11. The van der Waals surface area contributed by atoms with E-state index >= 15 is 0 Å². The van der Waals surface area contributed by atoms with Crippen LogP contribution in [-0.4, -0.2) is 27.1 Å². The first-order valence-corrected chi connectivity index (χ1v) is 9.99. The standard InChI is InChI=1S/C19H24N2O3S/c1-5-16-8-6-7-9-18(16)20-19(22)13-21(25(4,23)24)17-11-14(2)10-15(3)12-17/h6-12H,5,13H2,1-4H3,(H,20,22). The van der Waals surface area contributed by atoms with Crippen molar-refractivity contribution < 1.29 is 13.2 Å². The van der Waals surface area contributed by atoms with E-state index in [4.69, 9.17) is 0 Å². The molecule has 0 fully saturated rings. The van der Waals surface area contributed by atoms with Crippen molar-refractivity contribution in [2.45, 2.75) is 27.2 Å². The number of rotatable bonds is 6. The Labute approximate surface area is 149 Å². The van der Waals surface area contributed by atoms with Gasteiger partial charge in [0.15, 0.2) is 0 Å². The molecule has 0 aliphatic rings. The lowest BCUT2D eigenvalue weighted by Crippen LogP contribution is -2.37. The summed E-state index contributed by atoms with van der Waals surface area (Å²) < 4.78 is 25.6. The molecule has 0 radical (unpaired) electrons. The minimum absolute atomic E-state index is 0.264. The highest BCUT2D eigenvalue weighted by Gasteiger charge is 2.21.